The van der Waals surface area contributed by atoms with Gasteiger partial charge in [-0.2, -0.15) is 5.10 Å². The lowest BCUT2D eigenvalue weighted by molar-refractivity contribution is 0.202. The zero-order valence-corrected chi connectivity index (χ0v) is 15.7. The minimum atomic E-state index is 0.530. The number of imidazole rings is 1. The highest BCUT2D eigenvalue weighted by molar-refractivity contribution is 5.78. The third-order valence-electron chi connectivity index (χ3n) is 5.47. The minimum absolute atomic E-state index is 0.530. The quantitative estimate of drug-likeness (QED) is 0.710. The molecule has 1 aliphatic heterocycles. The fourth-order valence-electron chi connectivity index (χ4n) is 3.93. The first-order chi connectivity index (χ1) is 12.6. The molecular weight excluding hydrogens is 322 g/mol. The van der Waals surface area contributed by atoms with E-state index in [2.05, 4.69) is 59.8 Å². The number of H-pyrrole nitrogens is 1. The van der Waals surface area contributed by atoms with E-state index in [-0.39, 0.29) is 0 Å². The molecule has 0 saturated carbocycles. The number of nitrogens with one attached hydrogen (secondary N) is 1. The van der Waals surface area contributed by atoms with E-state index < -0.39 is 0 Å². The number of para-hydroxylation sites is 1. The van der Waals surface area contributed by atoms with Crippen molar-refractivity contribution in [2.45, 2.75) is 45.7 Å². The summed E-state index contributed by atoms with van der Waals surface area (Å²) in [5.41, 5.74) is 5.98. The first kappa shape index (κ1) is 17.0. The SMILES string of the molecule is C=CCn1cc(CN2CCC(c3nc4c(C)cccc4[nH]3)CC2)c(C)n1. The van der Waals surface area contributed by atoms with Crippen molar-refractivity contribution in [3.8, 4) is 0 Å². The van der Waals surface area contributed by atoms with Gasteiger partial charge >= 0.3 is 0 Å². The summed E-state index contributed by atoms with van der Waals surface area (Å²) in [5, 5.41) is 4.56. The molecule has 0 spiro atoms. The van der Waals surface area contributed by atoms with E-state index in [1.165, 1.54) is 11.1 Å². The van der Waals surface area contributed by atoms with E-state index in [0.717, 1.165) is 61.6 Å². The van der Waals surface area contributed by atoms with E-state index in [0.29, 0.717) is 5.92 Å². The van der Waals surface area contributed by atoms with Crippen LogP contribution >= 0.6 is 0 Å². The minimum Gasteiger partial charge on any atom is -0.342 e. The van der Waals surface area contributed by atoms with Crippen molar-refractivity contribution in [1.82, 2.24) is 24.6 Å². The van der Waals surface area contributed by atoms with E-state index in [9.17, 15) is 0 Å². The summed E-state index contributed by atoms with van der Waals surface area (Å²) >= 11 is 0. The molecule has 1 saturated heterocycles. The van der Waals surface area contributed by atoms with Crippen LogP contribution in [0.25, 0.3) is 11.0 Å². The molecule has 3 aromatic rings. The molecule has 1 aliphatic rings. The molecule has 5 heteroatoms. The number of nitrogens with zero attached hydrogens (tertiary/aromatic N) is 4. The van der Waals surface area contributed by atoms with Gasteiger partial charge < -0.3 is 4.98 Å². The number of hydrogen-bond donors (Lipinski definition) is 1. The normalized spacial score (nSPS) is 16.4. The summed E-state index contributed by atoms with van der Waals surface area (Å²) in [6.07, 6.45) is 6.35. The Morgan fingerprint density at radius 3 is 2.81 bits per heavy atom. The molecule has 0 aliphatic carbocycles. The number of allylic oxidation sites excluding steroid dienone is 1. The molecule has 1 N–H and O–H groups in total. The largest absolute Gasteiger partial charge is 0.342 e. The zero-order valence-electron chi connectivity index (χ0n) is 15.7. The number of aromatic nitrogens is 4. The first-order valence-electron chi connectivity index (χ1n) is 9.45. The van der Waals surface area contributed by atoms with Crippen LogP contribution in [0, 0.1) is 13.8 Å². The Morgan fingerprint density at radius 2 is 2.08 bits per heavy atom. The van der Waals surface area contributed by atoms with Crippen molar-refractivity contribution in [2.75, 3.05) is 13.1 Å². The lowest BCUT2D eigenvalue weighted by Gasteiger charge is -2.30. The molecule has 0 unspecified atom stereocenters. The second-order valence-electron chi connectivity index (χ2n) is 7.39. The number of aromatic amines is 1. The Labute approximate surface area is 154 Å². The fourth-order valence-corrected chi connectivity index (χ4v) is 3.93. The molecule has 26 heavy (non-hydrogen) atoms. The van der Waals surface area contributed by atoms with E-state index in [1.54, 1.807) is 0 Å². The van der Waals surface area contributed by atoms with E-state index >= 15 is 0 Å². The number of fused-ring (bicyclic) bond motifs is 1. The van der Waals surface area contributed by atoms with Gasteiger partial charge in [0, 0.05) is 24.2 Å². The Balaban J connectivity index is 1.40. The maximum atomic E-state index is 4.89. The van der Waals surface area contributed by atoms with Gasteiger partial charge in [-0.15, -0.1) is 6.58 Å². The van der Waals surface area contributed by atoms with Crippen LogP contribution in [0.2, 0.25) is 0 Å². The summed E-state index contributed by atoms with van der Waals surface area (Å²) in [5.74, 6) is 1.69. The molecular formula is C21H27N5. The average molecular weight is 349 g/mol. The fraction of sp³-hybridized carbons (Fsp3) is 0.429. The Hall–Kier alpha value is -2.40. The summed E-state index contributed by atoms with van der Waals surface area (Å²) in [6.45, 7) is 12.0. The van der Waals surface area contributed by atoms with Crippen molar-refractivity contribution < 1.29 is 0 Å². The highest BCUT2D eigenvalue weighted by atomic mass is 15.3. The average Bonchev–Trinajstić information content (AvgIpc) is 3.21. The van der Waals surface area contributed by atoms with Crippen LogP contribution in [-0.2, 0) is 13.1 Å². The second kappa shape index (κ2) is 7.08. The number of benzene rings is 1. The van der Waals surface area contributed by atoms with Gasteiger partial charge in [-0.25, -0.2) is 4.98 Å². The molecule has 0 amide bonds. The predicted octanol–water partition coefficient (Wildman–Crippen LogP) is 3.94. The maximum absolute atomic E-state index is 4.89. The van der Waals surface area contributed by atoms with Gasteiger partial charge in [0.05, 0.1) is 23.3 Å². The maximum Gasteiger partial charge on any atom is 0.110 e. The van der Waals surface area contributed by atoms with Crippen molar-refractivity contribution in [3.05, 3.63) is 59.7 Å². The zero-order chi connectivity index (χ0) is 18.1. The molecule has 1 fully saturated rings. The molecule has 4 rings (SSSR count). The van der Waals surface area contributed by atoms with E-state index in [1.807, 2.05) is 10.8 Å². The van der Waals surface area contributed by atoms with Gasteiger partial charge in [-0.05, 0) is 51.4 Å². The third-order valence-corrected chi connectivity index (χ3v) is 5.47. The van der Waals surface area contributed by atoms with Crippen LogP contribution in [0.3, 0.4) is 0 Å². The van der Waals surface area contributed by atoms with Crippen LogP contribution in [0.1, 0.15) is 41.4 Å². The number of piperidine rings is 1. The topological polar surface area (TPSA) is 49.7 Å². The van der Waals surface area contributed by atoms with Crippen molar-refractivity contribution >= 4 is 11.0 Å². The molecule has 0 bridgehead atoms. The highest BCUT2D eigenvalue weighted by Gasteiger charge is 2.24. The second-order valence-corrected chi connectivity index (χ2v) is 7.39. The summed E-state index contributed by atoms with van der Waals surface area (Å²) in [6, 6.07) is 6.35. The number of likely N-dealkylation sites (tertiary alicyclic amines) is 1. The van der Waals surface area contributed by atoms with Gasteiger partial charge in [0.1, 0.15) is 5.82 Å². The van der Waals surface area contributed by atoms with Crippen LogP contribution in [-0.4, -0.2) is 37.7 Å². The molecule has 5 nitrogen and oxygen atoms in total. The van der Waals surface area contributed by atoms with Crippen molar-refractivity contribution in [3.63, 3.8) is 0 Å². The van der Waals surface area contributed by atoms with Crippen LogP contribution < -0.4 is 0 Å². The van der Waals surface area contributed by atoms with E-state index in [4.69, 9.17) is 4.98 Å². The molecule has 1 aromatic carbocycles. The number of hydrogen-bond acceptors (Lipinski definition) is 3. The van der Waals surface area contributed by atoms with Crippen molar-refractivity contribution in [1.29, 1.82) is 0 Å². The van der Waals surface area contributed by atoms with Crippen LogP contribution in [0.4, 0.5) is 0 Å². The Morgan fingerprint density at radius 1 is 1.27 bits per heavy atom. The molecule has 0 atom stereocenters. The lowest BCUT2D eigenvalue weighted by atomic mass is 9.96. The number of aryl methyl sites for hydroxylation is 2. The first-order valence-corrected chi connectivity index (χ1v) is 9.45. The van der Waals surface area contributed by atoms with Crippen molar-refractivity contribution in [2.24, 2.45) is 0 Å². The van der Waals surface area contributed by atoms with Gasteiger partial charge in [0.2, 0.25) is 0 Å². The molecule has 136 valence electrons. The van der Waals surface area contributed by atoms with Gasteiger partial charge in [0.25, 0.3) is 0 Å². The smallest absolute Gasteiger partial charge is 0.110 e. The number of rotatable bonds is 5. The summed E-state index contributed by atoms with van der Waals surface area (Å²) < 4.78 is 1.97. The summed E-state index contributed by atoms with van der Waals surface area (Å²) in [4.78, 5) is 11.0. The van der Waals surface area contributed by atoms with Gasteiger partial charge in [-0.1, -0.05) is 18.2 Å². The molecule has 0 radical (unpaired) electrons. The van der Waals surface area contributed by atoms with Crippen LogP contribution in [0.15, 0.2) is 37.1 Å². The Bertz CT molecular complexity index is 912. The predicted molar refractivity (Wildman–Crippen MR) is 105 cm³/mol. The van der Waals surface area contributed by atoms with Gasteiger partial charge in [0.15, 0.2) is 0 Å². The molecule has 2 aromatic heterocycles. The van der Waals surface area contributed by atoms with Crippen LogP contribution in [0.5, 0.6) is 0 Å². The monoisotopic (exact) mass is 349 g/mol. The Kier molecular flexibility index (Phi) is 4.64. The summed E-state index contributed by atoms with van der Waals surface area (Å²) in [7, 11) is 0. The third kappa shape index (κ3) is 3.31. The highest BCUT2D eigenvalue weighted by Crippen LogP contribution is 2.29. The standard InChI is InChI=1S/C21H27N5/c1-4-10-26-14-18(16(3)24-26)13-25-11-8-17(9-12-25)21-22-19-7-5-6-15(2)20(19)23-21/h4-7,14,17H,1,8-13H2,2-3H3,(H,22,23). The van der Waals surface area contributed by atoms with Gasteiger partial charge in [-0.3, -0.25) is 9.58 Å². The molecule has 3 heterocycles. The lowest BCUT2D eigenvalue weighted by Crippen LogP contribution is -2.32.